The van der Waals surface area contributed by atoms with Gasteiger partial charge in [-0.15, -0.1) is 0 Å². The first-order valence-electron chi connectivity index (χ1n) is 7.48. The summed E-state index contributed by atoms with van der Waals surface area (Å²) in [6.07, 6.45) is 5.13. The van der Waals surface area contributed by atoms with Crippen molar-refractivity contribution in [3.05, 3.63) is 36.3 Å². The van der Waals surface area contributed by atoms with E-state index in [-0.39, 0.29) is 5.91 Å². The predicted octanol–water partition coefficient (Wildman–Crippen LogP) is 0.797. The molecule has 3 heterocycles. The third-order valence-corrected chi connectivity index (χ3v) is 3.96. The quantitative estimate of drug-likeness (QED) is 0.600. The molecule has 0 atom stereocenters. The fourth-order valence-electron chi connectivity index (χ4n) is 2.62. The Bertz CT molecular complexity index is 790. The Morgan fingerprint density at radius 3 is 2.79 bits per heavy atom. The number of aliphatic imine (C=N–C) groups is 1. The van der Waals surface area contributed by atoms with Crippen LogP contribution in [0.1, 0.15) is 5.56 Å². The van der Waals surface area contributed by atoms with Crippen molar-refractivity contribution in [2.75, 3.05) is 49.4 Å². The number of carbonyl (C=O) groups excluding carboxylic acids is 1. The molecule has 0 saturated heterocycles. The van der Waals surface area contributed by atoms with Crippen LogP contribution in [0.25, 0.3) is 0 Å². The molecule has 1 aliphatic heterocycles. The fourth-order valence-corrected chi connectivity index (χ4v) is 2.62. The average Bonchev–Trinajstić information content (AvgIpc) is 2.61. The van der Waals surface area contributed by atoms with Crippen molar-refractivity contribution in [2.45, 2.75) is 0 Å². The average molecular weight is 325 g/mol. The summed E-state index contributed by atoms with van der Waals surface area (Å²) in [5, 5.41) is 0. The SMILES string of the molecule is C/N=C(/c1cccnc1)N(C)c1ncc2c(n1)N(C)CC(=O)N2C. The van der Waals surface area contributed by atoms with Crippen molar-refractivity contribution in [1.82, 2.24) is 15.0 Å². The van der Waals surface area contributed by atoms with Crippen molar-refractivity contribution >= 4 is 29.2 Å². The number of pyridine rings is 1. The van der Waals surface area contributed by atoms with Crippen LogP contribution in [0.5, 0.6) is 0 Å². The summed E-state index contributed by atoms with van der Waals surface area (Å²) in [4.78, 5) is 34.6. The number of hydrogen-bond acceptors (Lipinski definition) is 6. The fraction of sp³-hybridized carbons (Fsp3) is 0.312. The molecule has 0 radical (unpaired) electrons. The Morgan fingerprint density at radius 2 is 2.12 bits per heavy atom. The van der Waals surface area contributed by atoms with E-state index in [2.05, 4.69) is 19.9 Å². The van der Waals surface area contributed by atoms with Gasteiger partial charge in [0.2, 0.25) is 11.9 Å². The van der Waals surface area contributed by atoms with E-state index in [0.717, 1.165) is 11.4 Å². The van der Waals surface area contributed by atoms with Crippen molar-refractivity contribution in [3.8, 4) is 0 Å². The Hall–Kier alpha value is -3.03. The summed E-state index contributed by atoms with van der Waals surface area (Å²) in [6.45, 7) is 0.293. The largest absolute Gasteiger partial charge is 0.348 e. The molecule has 2 aromatic heterocycles. The van der Waals surface area contributed by atoms with Gasteiger partial charge in [-0.05, 0) is 12.1 Å². The number of carbonyl (C=O) groups is 1. The van der Waals surface area contributed by atoms with Crippen molar-refractivity contribution in [3.63, 3.8) is 0 Å². The molecule has 0 spiro atoms. The summed E-state index contributed by atoms with van der Waals surface area (Å²) in [6, 6.07) is 3.79. The standard InChI is InChI=1S/C16H19N7O/c1-17-14(11-6-5-7-18-8-11)23(4)16-19-9-12-15(20-16)21(2)10-13(24)22(12)3/h5-9H,10H2,1-4H3/b17-14-. The lowest BCUT2D eigenvalue weighted by atomic mass is 10.2. The van der Waals surface area contributed by atoms with Crippen LogP contribution in [-0.2, 0) is 4.79 Å². The van der Waals surface area contributed by atoms with Gasteiger partial charge in [0.15, 0.2) is 5.82 Å². The first-order valence-corrected chi connectivity index (χ1v) is 7.48. The van der Waals surface area contributed by atoms with Crippen molar-refractivity contribution in [2.24, 2.45) is 4.99 Å². The second kappa shape index (κ2) is 6.23. The lowest BCUT2D eigenvalue weighted by Gasteiger charge is -2.32. The predicted molar refractivity (Wildman–Crippen MR) is 93.8 cm³/mol. The monoisotopic (exact) mass is 325 g/mol. The number of amides is 1. The molecule has 124 valence electrons. The normalized spacial score (nSPS) is 14.7. The van der Waals surface area contributed by atoms with Gasteiger partial charge in [0, 0.05) is 46.1 Å². The van der Waals surface area contributed by atoms with Crippen molar-refractivity contribution < 1.29 is 4.79 Å². The van der Waals surface area contributed by atoms with Gasteiger partial charge in [-0.3, -0.25) is 19.7 Å². The number of fused-ring (bicyclic) bond motifs is 1. The van der Waals surface area contributed by atoms with Gasteiger partial charge in [-0.25, -0.2) is 4.98 Å². The van der Waals surface area contributed by atoms with Gasteiger partial charge in [0.1, 0.15) is 11.5 Å². The highest BCUT2D eigenvalue weighted by Crippen LogP contribution is 2.30. The molecule has 0 unspecified atom stereocenters. The molecule has 8 nitrogen and oxygen atoms in total. The number of rotatable bonds is 2. The second-order valence-corrected chi connectivity index (χ2v) is 5.54. The first kappa shape index (κ1) is 15.9. The molecule has 0 fully saturated rings. The molecule has 24 heavy (non-hydrogen) atoms. The van der Waals surface area contributed by atoms with E-state index >= 15 is 0 Å². The minimum absolute atomic E-state index is 0.0147. The van der Waals surface area contributed by atoms with Crippen LogP contribution in [0, 0.1) is 0 Å². The molecule has 0 aliphatic carbocycles. The van der Waals surface area contributed by atoms with Crippen LogP contribution in [0.2, 0.25) is 0 Å². The van der Waals surface area contributed by atoms with E-state index in [1.54, 1.807) is 37.6 Å². The molecular formula is C16H19N7O. The third-order valence-electron chi connectivity index (χ3n) is 3.96. The number of nitrogens with zero attached hydrogens (tertiary/aromatic N) is 7. The van der Waals surface area contributed by atoms with E-state index in [4.69, 9.17) is 0 Å². The summed E-state index contributed by atoms with van der Waals surface area (Å²) >= 11 is 0. The summed E-state index contributed by atoms with van der Waals surface area (Å²) in [5.74, 6) is 1.95. The highest BCUT2D eigenvalue weighted by atomic mass is 16.2. The number of hydrogen-bond donors (Lipinski definition) is 0. The van der Waals surface area contributed by atoms with Gasteiger partial charge in [-0.1, -0.05) is 0 Å². The first-order chi connectivity index (χ1) is 11.5. The van der Waals surface area contributed by atoms with Crippen LogP contribution in [0.15, 0.2) is 35.7 Å². The molecule has 3 rings (SSSR count). The zero-order valence-corrected chi connectivity index (χ0v) is 14.1. The van der Waals surface area contributed by atoms with Crippen LogP contribution >= 0.6 is 0 Å². The Kier molecular flexibility index (Phi) is 4.11. The van der Waals surface area contributed by atoms with Gasteiger partial charge < -0.3 is 9.80 Å². The topological polar surface area (TPSA) is 77.8 Å². The van der Waals surface area contributed by atoms with E-state index in [0.29, 0.717) is 24.0 Å². The zero-order chi connectivity index (χ0) is 17.3. The smallest absolute Gasteiger partial charge is 0.246 e. The number of likely N-dealkylation sites (N-methyl/N-ethyl adjacent to an activating group) is 2. The lowest BCUT2D eigenvalue weighted by molar-refractivity contribution is -0.117. The van der Waals surface area contributed by atoms with Gasteiger partial charge in [0.05, 0.1) is 12.7 Å². The maximum atomic E-state index is 11.9. The molecular weight excluding hydrogens is 306 g/mol. The van der Waals surface area contributed by atoms with E-state index in [1.165, 1.54) is 0 Å². The maximum absolute atomic E-state index is 11.9. The molecule has 0 aromatic carbocycles. The van der Waals surface area contributed by atoms with Gasteiger partial charge >= 0.3 is 0 Å². The number of amidine groups is 1. The van der Waals surface area contributed by atoms with Gasteiger partial charge in [-0.2, -0.15) is 4.98 Å². The summed E-state index contributed by atoms with van der Waals surface area (Å²) in [5.41, 5.74) is 1.58. The number of aromatic nitrogens is 3. The Balaban J connectivity index is 1.98. The van der Waals surface area contributed by atoms with Crippen LogP contribution in [-0.4, -0.2) is 61.4 Å². The van der Waals surface area contributed by atoms with Gasteiger partial charge in [0.25, 0.3) is 0 Å². The maximum Gasteiger partial charge on any atom is 0.246 e. The van der Waals surface area contributed by atoms with E-state index in [9.17, 15) is 4.79 Å². The van der Waals surface area contributed by atoms with Crippen LogP contribution in [0.4, 0.5) is 17.5 Å². The van der Waals surface area contributed by atoms with Crippen LogP contribution < -0.4 is 14.7 Å². The Labute approximate surface area is 140 Å². The molecule has 1 amide bonds. The molecule has 2 aromatic rings. The lowest BCUT2D eigenvalue weighted by Crippen LogP contribution is -2.43. The van der Waals surface area contributed by atoms with E-state index in [1.807, 2.05) is 36.0 Å². The molecule has 0 bridgehead atoms. The Morgan fingerprint density at radius 1 is 1.33 bits per heavy atom. The van der Waals surface area contributed by atoms with Crippen molar-refractivity contribution in [1.29, 1.82) is 0 Å². The minimum atomic E-state index is 0.0147. The number of anilines is 3. The third kappa shape index (κ3) is 2.66. The molecule has 8 heteroatoms. The highest BCUT2D eigenvalue weighted by molar-refractivity contribution is 6.09. The minimum Gasteiger partial charge on any atom is -0.348 e. The highest BCUT2D eigenvalue weighted by Gasteiger charge is 2.27. The molecule has 1 aliphatic rings. The van der Waals surface area contributed by atoms with E-state index < -0.39 is 0 Å². The zero-order valence-electron chi connectivity index (χ0n) is 14.1. The van der Waals surface area contributed by atoms with Crippen LogP contribution in [0.3, 0.4) is 0 Å². The molecule has 0 saturated carbocycles. The molecule has 0 N–H and O–H groups in total. The summed E-state index contributed by atoms with van der Waals surface area (Å²) < 4.78 is 0. The second-order valence-electron chi connectivity index (χ2n) is 5.54. The summed E-state index contributed by atoms with van der Waals surface area (Å²) in [7, 11) is 7.15.